The molecule has 0 saturated carbocycles. The van der Waals surface area contributed by atoms with Gasteiger partial charge in [-0.3, -0.25) is 0 Å². The van der Waals surface area contributed by atoms with Gasteiger partial charge in [-0.05, 0) is 18.6 Å². The van der Waals surface area contributed by atoms with Crippen molar-refractivity contribution in [2.24, 2.45) is 0 Å². The summed E-state index contributed by atoms with van der Waals surface area (Å²) in [6.45, 7) is 2.12. The first-order valence-corrected chi connectivity index (χ1v) is 7.89. The molecule has 0 aromatic carbocycles. The number of ether oxygens (including phenoxy) is 1. The van der Waals surface area contributed by atoms with Crippen molar-refractivity contribution in [1.82, 2.24) is 4.31 Å². The third-order valence-electron chi connectivity index (χ3n) is 2.48. The molecule has 1 aromatic heterocycles. The van der Waals surface area contributed by atoms with Crippen molar-refractivity contribution in [2.75, 3.05) is 27.3 Å². The summed E-state index contributed by atoms with van der Waals surface area (Å²) in [7, 11) is -0.585. The fourth-order valence-corrected chi connectivity index (χ4v) is 4.20. The van der Waals surface area contributed by atoms with Crippen molar-refractivity contribution in [2.45, 2.75) is 23.7 Å². The van der Waals surface area contributed by atoms with Crippen LogP contribution in [-0.4, -0.2) is 51.2 Å². The maximum Gasteiger partial charge on any atom is 0.252 e. The van der Waals surface area contributed by atoms with Gasteiger partial charge in [-0.1, -0.05) is 6.92 Å². The summed E-state index contributed by atoms with van der Waals surface area (Å²) in [4.78, 5) is 1.03. The smallest absolute Gasteiger partial charge is 0.252 e. The normalized spacial score (nSPS) is 14.1. The number of hydrogen-bond acceptors (Lipinski definition) is 5. The Hall–Kier alpha value is -0.470. The first kappa shape index (κ1) is 15.6. The van der Waals surface area contributed by atoms with Crippen LogP contribution in [0.25, 0.3) is 0 Å². The Morgan fingerprint density at radius 3 is 2.67 bits per heavy atom. The van der Waals surface area contributed by atoms with Gasteiger partial charge in [0.1, 0.15) is 4.21 Å². The van der Waals surface area contributed by atoms with E-state index in [0.29, 0.717) is 4.21 Å². The van der Waals surface area contributed by atoms with Crippen LogP contribution in [0.5, 0.6) is 0 Å². The SMILES string of the molecule is CCc1ccc(S(=O)(=O)N(C)CC(O)COC)s1. The third-order valence-corrected chi connectivity index (χ3v) is 6.00. The first-order valence-electron chi connectivity index (χ1n) is 5.63. The molecule has 0 spiro atoms. The monoisotopic (exact) mass is 293 g/mol. The number of hydrogen-bond donors (Lipinski definition) is 1. The largest absolute Gasteiger partial charge is 0.389 e. The zero-order chi connectivity index (χ0) is 13.8. The summed E-state index contributed by atoms with van der Waals surface area (Å²) in [6.07, 6.45) is -0.00341. The summed E-state index contributed by atoms with van der Waals surface area (Å²) < 4.78 is 30.6. The number of rotatable bonds is 7. The third kappa shape index (κ3) is 3.76. The van der Waals surface area contributed by atoms with Gasteiger partial charge in [0, 0.05) is 25.6 Å². The number of aliphatic hydroxyl groups excluding tert-OH is 1. The van der Waals surface area contributed by atoms with E-state index in [9.17, 15) is 13.5 Å². The maximum absolute atomic E-state index is 12.2. The Morgan fingerprint density at radius 2 is 2.17 bits per heavy atom. The van der Waals surface area contributed by atoms with E-state index < -0.39 is 16.1 Å². The number of likely N-dealkylation sites (N-methyl/N-ethyl adjacent to an activating group) is 1. The van der Waals surface area contributed by atoms with Gasteiger partial charge < -0.3 is 9.84 Å². The second-order valence-electron chi connectivity index (χ2n) is 3.97. The van der Waals surface area contributed by atoms with E-state index in [1.54, 1.807) is 6.07 Å². The van der Waals surface area contributed by atoms with Crippen molar-refractivity contribution in [3.05, 3.63) is 17.0 Å². The highest BCUT2D eigenvalue weighted by molar-refractivity contribution is 7.91. The first-order chi connectivity index (χ1) is 8.41. The van der Waals surface area contributed by atoms with E-state index in [1.165, 1.54) is 25.5 Å². The highest BCUT2D eigenvalue weighted by Gasteiger charge is 2.24. The van der Waals surface area contributed by atoms with Crippen LogP contribution in [0.4, 0.5) is 0 Å². The van der Waals surface area contributed by atoms with Crippen LogP contribution in [0.15, 0.2) is 16.3 Å². The van der Waals surface area contributed by atoms with Gasteiger partial charge in [0.2, 0.25) is 0 Å². The lowest BCUT2D eigenvalue weighted by Crippen LogP contribution is -2.35. The molecule has 1 aromatic rings. The minimum Gasteiger partial charge on any atom is -0.389 e. The van der Waals surface area contributed by atoms with E-state index >= 15 is 0 Å². The summed E-state index contributed by atoms with van der Waals surface area (Å²) >= 11 is 1.27. The summed E-state index contributed by atoms with van der Waals surface area (Å²) in [5, 5.41) is 9.55. The second kappa shape index (κ2) is 6.63. The minimum absolute atomic E-state index is 0.0233. The number of methoxy groups -OCH3 is 1. The summed E-state index contributed by atoms with van der Waals surface area (Å²) in [5.74, 6) is 0. The molecule has 0 aliphatic rings. The van der Waals surface area contributed by atoms with Gasteiger partial charge in [-0.2, -0.15) is 4.31 Å². The van der Waals surface area contributed by atoms with Crippen LogP contribution in [0, 0.1) is 0 Å². The predicted octanol–water partition coefficient (Wildman–Crippen LogP) is 0.938. The fraction of sp³-hybridized carbons (Fsp3) is 0.636. The molecule has 0 aliphatic carbocycles. The van der Waals surface area contributed by atoms with Crippen molar-refractivity contribution < 1.29 is 18.3 Å². The van der Waals surface area contributed by atoms with E-state index in [-0.39, 0.29) is 13.2 Å². The molecule has 1 heterocycles. The lowest BCUT2D eigenvalue weighted by molar-refractivity contribution is 0.0554. The van der Waals surface area contributed by atoms with Gasteiger partial charge >= 0.3 is 0 Å². The van der Waals surface area contributed by atoms with Crippen molar-refractivity contribution in [1.29, 1.82) is 0 Å². The molecule has 104 valence electrons. The lowest BCUT2D eigenvalue weighted by atomic mass is 10.4. The highest BCUT2D eigenvalue weighted by Crippen LogP contribution is 2.24. The molecule has 0 bridgehead atoms. The van der Waals surface area contributed by atoms with Gasteiger partial charge in [-0.25, -0.2) is 8.42 Å². The minimum atomic E-state index is -3.51. The van der Waals surface area contributed by atoms with Crippen molar-refractivity contribution in [3.8, 4) is 0 Å². The number of nitrogens with zero attached hydrogens (tertiary/aromatic N) is 1. The number of thiophene rings is 1. The molecule has 18 heavy (non-hydrogen) atoms. The maximum atomic E-state index is 12.2. The van der Waals surface area contributed by atoms with Crippen molar-refractivity contribution >= 4 is 21.4 Å². The van der Waals surface area contributed by atoms with E-state index in [2.05, 4.69) is 0 Å². The molecule has 5 nitrogen and oxygen atoms in total. The molecule has 0 fully saturated rings. The molecule has 1 N–H and O–H groups in total. The van der Waals surface area contributed by atoms with Gasteiger partial charge in [0.25, 0.3) is 10.0 Å². The molecule has 7 heteroatoms. The average Bonchev–Trinajstić information content (AvgIpc) is 2.78. The molecule has 1 unspecified atom stereocenters. The Balaban J connectivity index is 2.79. The fourth-order valence-electron chi connectivity index (χ4n) is 1.48. The van der Waals surface area contributed by atoms with E-state index in [4.69, 9.17) is 4.74 Å². The molecular formula is C11H19NO4S2. The molecule has 0 amide bonds. The summed E-state index contributed by atoms with van der Waals surface area (Å²) in [5.41, 5.74) is 0. The predicted molar refractivity (Wildman–Crippen MR) is 71.4 cm³/mol. The number of aryl methyl sites for hydroxylation is 1. The van der Waals surface area contributed by atoms with Gasteiger partial charge in [0.15, 0.2) is 0 Å². The van der Waals surface area contributed by atoms with Gasteiger partial charge in [0.05, 0.1) is 12.7 Å². The zero-order valence-electron chi connectivity index (χ0n) is 10.8. The van der Waals surface area contributed by atoms with Crippen LogP contribution in [-0.2, 0) is 21.2 Å². The van der Waals surface area contributed by atoms with Crippen LogP contribution < -0.4 is 0 Å². The number of aliphatic hydroxyl groups is 1. The Kier molecular flexibility index (Phi) is 5.74. The quantitative estimate of drug-likeness (QED) is 0.812. The number of sulfonamides is 1. The molecule has 0 radical (unpaired) electrons. The topological polar surface area (TPSA) is 66.8 Å². The second-order valence-corrected chi connectivity index (χ2v) is 7.41. The highest BCUT2D eigenvalue weighted by atomic mass is 32.2. The average molecular weight is 293 g/mol. The standard InChI is InChI=1S/C11H19NO4S2/c1-4-10-5-6-11(17-10)18(14,15)12(2)7-9(13)8-16-3/h5-6,9,13H,4,7-8H2,1-3H3. The molecule has 1 rings (SSSR count). The molecule has 0 aliphatic heterocycles. The van der Waals surface area contributed by atoms with E-state index in [1.807, 2.05) is 13.0 Å². The van der Waals surface area contributed by atoms with Crippen LogP contribution in [0.3, 0.4) is 0 Å². The Labute approximate surface area is 112 Å². The Bertz CT molecular complexity index is 469. The van der Waals surface area contributed by atoms with Crippen LogP contribution in [0.1, 0.15) is 11.8 Å². The Morgan fingerprint density at radius 1 is 1.50 bits per heavy atom. The molecule has 0 saturated heterocycles. The molecule has 1 atom stereocenters. The summed E-state index contributed by atoms with van der Waals surface area (Å²) in [6, 6.07) is 3.43. The van der Waals surface area contributed by atoms with Crippen LogP contribution in [0.2, 0.25) is 0 Å². The zero-order valence-corrected chi connectivity index (χ0v) is 12.4. The lowest BCUT2D eigenvalue weighted by Gasteiger charge is -2.19. The molecular weight excluding hydrogens is 274 g/mol. The van der Waals surface area contributed by atoms with Crippen LogP contribution >= 0.6 is 11.3 Å². The van der Waals surface area contributed by atoms with Crippen molar-refractivity contribution in [3.63, 3.8) is 0 Å². The van der Waals surface area contributed by atoms with Gasteiger partial charge in [-0.15, -0.1) is 11.3 Å². The van der Waals surface area contributed by atoms with E-state index in [0.717, 1.165) is 15.6 Å².